The molecule has 15 heavy (non-hydrogen) atoms. The van der Waals surface area contributed by atoms with Crippen molar-refractivity contribution in [2.75, 3.05) is 0 Å². The molecule has 5 heteroatoms. The monoisotopic (exact) mass is 220 g/mol. The minimum absolute atomic E-state index is 0.0791. The van der Waals surface area contributed by atoms with Crippen LogP contribution in [-0.2, 0) is 0 Å². The first-order valence-electron chi connectivity index (χ1n) is 4.30. The van der Waals surface area contributed by atoms with Crippen LogP contribution in [0.1, 0.15) is 17.5 Å². The molecule has 0 saturated carbocycles. The van der Waals surface area contributed by atoms with Crippen molar-refractivity contribution in [3.63, 3.8) is 0 Å². The molecule has 2 aromatic heterocycles. The van der Waals surface area contributed by atoms with Gasteiger partial charge in [0.2, 0.25) is 0 Å². The van der Waals surface area contributed by atoms with Crippen molar-refractivity contribution in [2.24, 2.45) is 0 Å². The van der Waals surface area contributed by atoms with Gasteiger partial charge in [-0.2, -0.15) is 0 Å². The van der Waals surface area contributed by atoms with Crippen LogP contribution < -0.4 is 0 Å². The zero-order valence-electron chi connectivity index (χ0n) is 8.01. The van der Waals surface area contributed by atoms with Gasteiger partial charge in [0.15, 0.2) is 16.6 Å². The summed E-state index contributed by atoms with van der Waals surface area (Å²) in [4.78, 5) is 18.8. The third-order valence-corrected chi connectivity index (χ3v) is 2.56. The van der Waals surface area contributed by atoms with Crippen LogP contribution >= 0.6 is 11.8 Å². The summed E-state index contributed by atoms with van der Waals surface area (Å²) in [5.74, 6) is 0.288. The second-order valence-corrected chi connectivity index (χ2v) is 3.85. The molecule has 0 spiro atoms. The van der Waals surface area contributed by atoms with Gasteiger partial charge in [-0.25, -0.2) is 9.97 Å². The van der Waals surface area contributed by atoms with Gasteiger partial charge >= 0.3 is 0 Å². The Hall–Kier alpha value is -1.62. The van der Waals surface area contributed by atoms with Crippen molar-refractivity contribution in [1.29, 1.82) is 0 Å². The van der Waals surface area contributed by atoms with Gasteiger partial charge in [0.1, 0.15) is 11.4 Å². The van der Waals surface area contributed by atoms with Crippen molar-refractivity contribution >= 4 is 17.5 Å². The summed E-state index contributed by atoms with van der Waals surface area (Å²) < 4.78 is 5.30. The zero-order chi connectivity index (χ0) is 10.7. The summed E-state index contributed by atoms with van der Waals surface area (Å²) in [6.45, 7) is 1.47. The van der Waals surface area contributed by atoms with Crippen molar-refractivity contribution in [1.82, 2.24) is 9.97 Å². The van der Waals surface area contributed by atoms with Crippen molar-refractivity contribution in [3.8, 4) is 0 Å². The van der Waals surface area contributed by atoms with Gasteiger partial charge < -0.3 is 4.42 Å². The number of aromatic nitrogens is 2. The molecule has 0 N–H and O–H groups in total. The molecule has 0 aliphatic carbocycles. The minimum atomic E-state index is -0.0791. The normalized spacial score (nSPS) is 10.2. The predicted molar refractivity (Wildman–Crippen MR) is 54.9 cm³/mol. The van der Waals surface area contributed by atoms with Gasteiger partial charge in [0, 0.05) is 13.1 Å². The highest BCUT2D eigenvalue weighted by Crippen LogP contribution is 2.27. The Bertz CT molecular complexity index is 467. The molecular weight excluding hydrogens is 212 g/mol. The Kier molecular flexibility index (Phi) is 2.82. The topological polar surface area (TPSA) is 56.0 Å². The van der Waals surface area contributed by atoms with E-state index in [2.05, 4.69) is 9.97 Å². The number of hydrogen-bond donors (Lipinski definition) is 0. The quantitative estimate of drug-likeness (QED) is 0.587. The van der Waals surface area contributed by atoms with Gasteiger partial charge in [-0.3, -0.25) is 4.79 Å². The number of carbonyl (C=O) groups is 1. The van der Waals surface area contributed by atoms with Gasteiger partial charge in [-0.1, -0.05) is 0 Å². The van der Waals surface area contributed by atoms with Gasteiger partial charge in [-0.15, -0.1) is 0 Å². The van der Waals surface area contributed by atoms with Crippen LogP contribution in [0.25, 0.3) is 0 Å². The summed E-state index contributed by atoms with van der Waals surface area (Å²) in [6, 6.07) is 5.19. The Labute approximate surface area is 90.7 Å². The highest BCUT2D eigenvalue weighted by molar-refractivity contribution is 7.99. The average molecular weight is 220 g/mol. The molecule has 4 nitrogen and oxygen atoms in total. The summed E-state index contributed by atoms with van der Waals surface area (Å²) in [5, 5.41) is 1.44. The number of furan rings is 1. The molecule has 0 aliphatic rings. The van der Waals surface area contributed by atoms with E-state index >= 15 is 0 Å². The second-order valence-electron chi connectivity index (χ2n) is 2.82. The van der Waals surface area contributed by atoms with E-state index in [4.69, 9.17) is 4.42 Å². The zero-order valence-corrected chi connectivity index (χ0v) is 8.82. The van der Waals surface area contributed by atoms with E-state index in [1.165, 1.54) is 25.0 Å². The van der Waals surface area contributed by atoms with Crippen LogP contribution in [0, 0.1) is 0 Å². The van der Waals surface area contributed by atoms with E-state index in [0.717, 1.165) is 5.03 Å². The van der Waals surface area contributed by atoms with Crippen molar-refractivity contribution in [3.05, 3.63) is 36.5 Å². The number of nitrogens with zero attached hydrogens (tertiary/aromatic N) is 2. The minimum Gasteiger partial charge on any atom is -0.446 e. The Morgan fingerprint density at radius 1 is 1.40 bits per heavy atom. The van der Waals surface area contributed by atoms with E-state index in [-0.39, 0.29) is 5.78 Å². The largest absolute Gasteiger partial charge is 0.446 e. The molecule has 0 bridgehead atoms. The first-order chi connectivity index (χ1) is 7.25. The molecule has 76 valence electrons. The fraction of sp³-hybridized carbons (Fsp3) is 0.100. The third kappa shape index (κ3) is 2.44. The van der Waals surface area contributed by atoms with E-state index in [9.17, 15) is 4.79 Å². The highest BCUT2D eigenvalue weighted by atomic mass is 32.2. The van der Waals surface area contributed by atoms with Crippen molar-refractivity contribution < 1.29 is 9.21 Å². The standard InChI is InChI=1S/C10H8N2O2S/c1-7(13)8-2-3-10(14-8)15-9-4-5-11-6-12-9/h2-6H,1H3. The second kappa shape index (κ2) is 4.27. The van der Waals surface area contributed by atoms with Crippen LogP contribution in [0.15, 0.2) is 45.3 Å². The number of rotatable bonds is 3. The number of ketones is 1. The summed E-state index contributed by atoms with van der Waals surface area (Å²) >= 11 is 1.36. The van der Waals surface area contributed by atoms with Gasteiger partial charge in [0.25, 0.3) is 0 Å². The molecule has 0 radical (unpaired) electrons. The lowest BCUT2D eigenvalue weighted by molar-refractivity contribution is 0.0982. The lowest BCUT2D eigenvalue weighted by Gasteiger charge is -1.94. The molecule has 0 saturated heterocycles. The number of carbonyl (C=O) groups excluding carboxylic acids is 1. The average Bonchev–Trinajstić information content (AvgIpc) is 2.68. The SMILES string of the molecule is CC(=O)c1ccc(Sc2ccncn2)o1. The fourth-order valence-corrected chi connectivity index (χ4v) is 1.71. The molecule has 2 aromatic rings. The van der Waals surface area contributed by atoms with Crippen LogP contribution in [0.2, 0.25) is 0 Å². The fourth-order valence-electron chi connectivity index (χ4n) is 1.01. The number of Topliss-reactive ketones (excluding diaryl/α,β-unsaturated/α-hetero) is 1. The number of hydrogen-bond acceptors (Lipinski definition) is 5. The van der Waals surface area contributed by atoms with Crippen LogP contribution in [-0.4, -0.2) is 15.8 Å². The Morgan fingerprint density at radius 2 is 2.27 bits per heavy atom. The van der Waals surface area contributed by atoms with Crippen LogP contribution in [0.4, 0.5) is 0 Å². The molecule has 0 atom stereocenters. The molecule has 2 rings (SSSR count). The Morgan fingerprint density at radius 3 is 2.87 bits per heavy atom. The third-order valence-electron chi connectivity index (χ3n) is 1.69. The summed E-state index contributed by atoms with van der Waals surface area (Å²) in [6.07, 6.45) is 3.13. The first-order valence-corrected chi connectivity index (χ1v) is 5.12. The predicted octanol–water partition coefficient (Wildman–Crippen LogP) is 2.42. The maximum Gasteiger partial charge on any atom is 0.194 e. The summed E-state index contributed by atoms with van der Waals surface area (Å²) in [7, 11) is 0. The smallest absolute Gasteiger partial charge is 0.194 e. The molecule has 0 amide bonds. The summed E-state index contributed by atoms with van der Waals surface area (Å²) in [5.41, 5.74) is 0. The highest BCUT2D eigenvalue weighted by Gasteiger charge is 2.07. The Balaban J connectivity index is 2.15. The van der Waals surface area contributed by atoms with Gasteiger partial charge in [-0.05, 0) is 30.0 Å². The molecule has 0 aromatic carbocycles. The molecule has 0 unspecified atom stereocenters. The van der Waals surface area contributed by atoms with Crippen molar-refractivity contribution in [2.45, 2.75) is 17.0 Å². The molecule has 0 aliphatic heterocycles. The maximum absolute atomic E-state index is 11.0. The lowest BCUT2D eigenvalue weighted by Crippen LogP contribution is -1.85. The lowest BCUT2D eigenvalue weighted by atomic mass is 10.3. The van der Waals surface area contributed by atoms with Crippen LogP contribution in [0.3, 0.4) is 0 Å². The molecule has 0 fully saturated rings. The van der Waals surface area contributed by atoms with E-state index < -0.39 is 0 Å². The first kappa shape index (κ1) is 9.92. The van der Waals surface area contributed by atoms with E-state index in [1.807, 2.05) is 0 Å². The van der Waals surface area contributed by atoms with Crippen LogP contribution in [0.5, 0.6) is 0 Å². The van der Waals surface area contributed by atoms with Gasteiger partial charge in [0.05, 0.1) is 0 Å². The maximum atomic E-state index is 11.0. The molecule has 2 heterocycles. The molecular formula is C10H8N2O2S. The van der Waals surface area contributed by atoms with E-state index in [1.54, 1.807) is 24.4 Å². The van der Waals surface area contributed by atoms with E-state index in [0.29, 0.717) is 10.9 Å².